The normalized spacial score (nSPS) is 12.8. The zero-order valence-electron chi connectivity index (χ0n) is 14.5. The molecule has 134 valence electrons. The fraction of sp³-hybridized carbons (Fsp3) is 0.211. The van der Waals surface area contributed by atoms with Gasteiger partial charge < -0.3 is 9.64 Å². The van der Waals surface area contributed by atoms with E-state index in [1.54, 1.807) is 43.1 Å². The molecule has 0 saturated carbocycles. The van der Waals surface area contributed by atoms with E-state index >= 15 is 0 Å². The molecule has 1 heterocycles. The summed E-state index contributed by atoms with van der Waals surface area (Å²) in [4.78, 5) is 30.6. The summed E-state index contributed by atoms with van der Waals surface area (Å²) in [5, 5.41) is 0. The van der Waals surface area contributed by atoms with Crippen LogP contribution in [0.4, 0.5) is 11.4 Å². The van der Waals surface area contributed by atoms with Crippen molar-refractivity contribution in [1.82, 2.24) is 0 Å². The van der Waals surface area contributed by atoms with E-state index < -0.39 is 5.97 Å². The van der Waals surface area contributed by atoms with Crippen molar-refractivity contribution in [1.29, 1.82) is 0 Å². The Morgan fingerprint density at radius 2 is 1.92 bits per heavy atom. The van der Waals surface area contributed by atoms with Crippen LogP contribution >= 0.6 is 23.5 Å². The van der Waals surface area contributed by atoms with Crippen molar-refractivity contribution >= 4 is 51.2 Å². The number of rotatable bonds is 4. The van der Waals surface area contributed by atoms with E-state index in [4.69, 9.17) is 4.74 Å². The van der Waals surface area contributed by atoms with Crippen molar-refractivity contribution in [3.8, 4) is 0 Å². The fourth-order valence-electron chi connectivity index (χ4n) is 2.49. The molecule has 1 aliphatic rings. The number of methoxy groups -OCH3 is 1. The summed E-state index contributed by atoms with van der Waals surface area (Å²) in [5.74, 6) is 0.544. The standard InChI is InChI=1S/C19H18N2O3S2/c1-21(16-10-6-4-8-14(16)18(23)24-2)17(22)12-26-19-20-15-9-5-3-7-13(15)11-25-19/h3-10H,11-12H2,1-2H3. The van der Waals surface area contributed by atoms with E-state index in [1.165, 1.54) is 29.3 Å². The highest BCUT2D eigenvalue weighted by molar-refractivity contribution is 8.38. The van der Waals surface area contributed by atoms with Gasteiger partial charge in [0, 0.05) is 12.8 Å². The van der Waals surface area contributed by atoms with E-state index in [-0.39, 0.29) is 11.7 Å². The number of hydrogen-bond acceptors (Lipinski definition) is 6. The van der Waals surface area contributed by atoms with Crippen LogP contribution in [-0.2, 0) is 15.3 Å². The molecular weight excluding hydrogens is 368 g/mol. The van der Waals surface area contributed by atoms with Crippen LogP contribution in [0.15, 0.2) is 53.5 Å². The number of ether oxygens (including phenoxy) is 1. The Bertz CT molecular complexity index is 867. The third-order valence-electron chi connectivity index (χ3n) is 3.92. The number of amides is 1. The molecule has 0 saturated heterocycles. The minimum atomic E-state index is -0.461. The second-order valence-corrected chi connectivity index (χ2v) is 7.73. The number of carbonyl (C=O) groups excluding carboxylic acids is 2. The molecule has 0 radical (unpaired) electrons. The summed E-state index contributed by atoms with van der Waals surface area (Å²) in [6.45, 7) is 0. The molecule has 0 bridgehead atoms. The van der Waals surface area contributed by atoms with E-state index in [0.29, 0.717) is 11.3 Å². The van der Waals surface area contributed by atoms with Gasteiger partial charge in [-0.1, -0.05) is 53.9 Å². The Labute approximate surface area is 160 Å². The first kappa shape index (κ1) is 18.5. The topological polar surface area (TPSA) is 59.0 Å². The number of para-hydroxylation sites is 2. The van der Waals surface area contributed by atoms with Crippen molar-refractivity contribution in [2.24, 2.45) is 4.99 Å². The van der Waals surface area contributed by atoms with E-state index in [2.05, 4.69) is 11.1 Å². The minimum Gasteiger partial charge on any atom is -0.465 e. The van der Waals surface area contributed by atoms with E-state index in [0.717, 1.165) is 15.8 Å². The summed E-state index contributed by atoms with van der Waals surface area (Å²) in [6, 6.07) is 14.9. The quantitative estimate of drug-likeness (QED) is 0.741. The van der Waals surface area contributed by atoms with Gasteiger partial charge in [0.05, 0.1) is 29.8 Å². The molecule has 1 amide bonds. The number of benzene rings is 2. The second kappa shape index (κ2) is 8.42. The number of aliphatic imine (C=N–C) groups is 1. The Morgan fingerprint density at radius 3 is 2.73 bits per heavy atom. The number of thioether (sulfide) groups is 2. The molecule has 1 aliphatic heterocycles. The minimum absolute atomic E-state index is 0.103. The maximum Gasteiger partial charge on any atom is 0.339 e. The van der Waals surface area contributed by atoms with Crippen LogP contribution in [-0.4, -0.2) is 36.2 Å². The molecule has 0 spiro atoms. The van der Waals surface area contributed by atoms with Crippen LogP contribution in [0.25, 0.3) is 0 Å². The Kier molecular flexibility index (Phi) is 6.00. The molecule has 2 aromatic carbocycles. The first-order chi connectivity index (χ1) is 12.6. The molecule has 3 rings (SSSR count). The molecule has 0 aliphatic carbocycles. The molecule has 5 nitrogen and oxygen atoms in total. The van der Waals surface area contributed by atoms with Crippen LogP contribution < -0.4 is 4.90 Å². The summed E-state index contributed by atoms with van der Waals surface area (Å²) in [7, 11) is 2.99. The number of fused-ring (bicyclic) bond motifs is 1. The highest BCUT2D eigenvalue weighted by Crippen LogP contribution is 2.34. The van der Waals surface area contributed by atoms with Crippen LogP contribution in [0.1, 0.15) is 15.9 Å². The van der Waals surface area contributed by atoms with Gasteiger partial charge >= 0.3 is 5.97 Å². The number of esters is 1. The van der Waals surface area contributed by atoms with Crippen molar-refractivity contribution in [3.63, 3.8) is 0 Å². The van der Waals surface area contributed by atoms with Gasteiger partial charge in [-0.15, -0.1) is 0 Å². The van der Waals surface area contributed by atoms with Gasteiger partial charge in [-0.3, -0.25) is 4.79 Å². The fourth-order valence-corrected chi connectivity index (χ4v) is 4.47. The molecule has 2 aromatic rings. The van der Waals surface area contributed by atoms with Crippen molar-refractivity contribution in [2.45, 2.75) is 5.75 Å². The van der Waals surface area contributed by atoms with Crippen molar-refractivity contribution in [3.05, 3.63) is 59.7 Å². The Morgan fingerprint density at radius 1 is 1.19 bits per heavy atom. The average Bonchev–Trinajstić information content (AvgIpc) is 2.70. The molecule has 7 heteroatoms. The molecule has 0 unspecified atom stereocenters. The molecule has 0 fully saturated rings. The van der Waals surface area contributed by atoms with Gasteiger partial charge in [0.15, 0.2) is 0 Å². The molecule has 0 aromatic heterocycles. The van der Waals surface area contributed by atoms with Crippen LogP contribution in [0.3, 0.4) is 0 Å². The summed E-state index contributed by atoms with van der Waals surface area (Å²) >= 11 is 3.05. The smallest absolute Gasteiger partial charge is 0.339 e. The van der Waals surface area contributed by atoms with Gasteiger partial charge in [-0.25, -0.2) is 9.79 Å². The number of nitrogens with zero attached hydrogens (tertiary/aromatic N) is 2. The lowest BCUT2D eigenvalue weighted by Gasteiger charge is -2.20. The number of hydrogen-bond donors (Lipinski definition) is 0. The van der Waals surface area contributed by atoms with Crippen molar-refractivity contribution < 1.29 is 14.3 Å². The first-order valence-electron chi connectivity index (χ1n) is 7.96. The maximum atomic E-state index is 12.6. The number of anilines is 1. The zero-order chi connectivity index (χ0) is 18.5. The zero-order valence-corrected chi connectivity index (χ0v) is 16.1. The lowest BCUT2D eigenvalue weighted by molar-refractivity contribution is -0.115. The first-order valence-corrected chi connectivity index (χ1v) is 9.93. The largest absolute Gasteiger partial charge is 0.465 e. The molecular formula is C19H18N2O3S2. The highest BCUT2D eigenvalue weighted by atomic mass is 32.2. The Balaban J connectivity index is 1.68. The lowest BCUT2D eigenvalue weighted by atomic mass is 10.1. The van der Waals surface area contributed by atoms with Crippen molar-refractivity contribution in [2.75, 3.05) is 24.8 Å². The van der Waals surface area contributed by atoms with Gasteiger partial charge in [-0.2, -0.15) is 0 Å². The van der Waals surface area contributed by atoms with Crippen LogP contribution in [0.5, 0.6) is 0 Å². The van der Waals surface area contributed by atoms with E-state index in [1.807, 2.05) is 18.2 Å². The average molecular weight is 386 g/mol. The Hall–Kier alpha value is -2.25. The maximum absolute atomic E-state index is 12.6. The SMILES string of the molecule is COC(=O)c1ccccc1N(C)C(=O)CSC1=Nc2ccccc2CS1. The predicted molar refractivity (Wildman–Crippen MR) is 108 cm³/mol. The molecule has 0 N–H and O–H groups in total. The van der Waals surface area contributed by atoms with Crippen LogP contribution in [0, 0.1) is 0 Å². The number of carbonyl (C=O) groups is 2. The molecule has 0 atom stereocenters. The van der Waals surface area contributed by atoms with E-state index in [9.17, 15) is 9.59 Å². The monoisotopic (exact) mass is 386 g/mol. The highest BCUT2D eigenvalue weighted by Gasteiger charge is 2.20. The summed E-state index contributed by atoms with van der Waals surface area (Å²) in [5.41, 5.74) is 3.07. The second-order valence-electron chi connectivity index (χ2n) is 5.55. The van der Waals surface area contributed by atoms with Gasteiger partial charge in [0.1, 0.15) is 4.38 Å². The van der Waals surface area contributed by atoms with Gasteiger partial charge in [0.25, 0.3) is 0 Å². The summed E-state index contributed by atoms with van der Waals surface area (Å²) < 4.78 is 5.67. The molecule has 26 heavy (non-hydrogen) atoms. The third-order valence-corrected chi connectivity index (χ3v) is 6.15. The van der Waals surface area contributed by atoms with Gasteiger partial charge in [0.2, 0.25) is 5.91 Å². The predicted octanol–water partition coefficient (Wildman–Crippen LogP) is 4.10. The van der Waals surface area contributed by atoms with Gasteiger partial charge in [-0.05, 0) is 23.8 Å². The lowest BCUT2D eigenvalue weighted by Crippen LogP contribution is -2.30. The third kappa shape index (κ3) is 4.11. The summed E-state index contributed by atoms with van der Waals surface area (Å²) in [6.07, 6.45) is 0. The van der Waals surface area contributed by atoms with Crippen LogP contribution in [0.2, 0.25) is 0 Å².